The first-order valence-electron chi connectivity index (χ1n) is 7.88. The SMILES string of the molecule is CC[C@@H]1CN(C(=O)C[C@H](C)C#N)CC[C@H]1c1ccccc1. The molecular formula is C18H24N2O. The third-order valence-corrected chi connectivity index (χ3v) is 4.54. The highest BCUT2D eigenvalue weighted by Crippen LogP contribution is 2.35. The number of amides is 1. The van der Waals surface area contributed by atoms with Gasteiger partial charge in [-0.05, 0) is 30.7 Å². The fraction of sp³-hybridized carbons (Fsp3) is 0.556. The zero-order valence-electron chi connectivity index (χ0n) is 13.0. The van der Waals surface area contributed by atoms with Crippen molar-refractivity contribution in [3.05, 3.63) is 35.9 Å². The molecule has 3 atom stereocenters. The molecule has 1 fully saturated rings. The Balaban J connectivity index is 2.02. The van der Waals surface area contributed by atoms with E-state index in [1.54, 1.807) is 0 Å². The number of hydrogen-bond acceptors (Lipinski definition) is 2. The predicted molar refractivity (Wildman–Crippen MR) is 83.6 cm³/mol. The average Bonchev–Trinajstić information content (AvgIpc) is 2.54. The standard InChI is InChI=1S/C18H24N2O/c1-3-15-13-20(18(21)11-14(2)12-19)10-9-17(15)16-7-5-4-6-8-16/h4-8,14-15,17H,3,9-11,13H2,1-2H3/t14-,15+,17+/m0/s1. The van der Waals surface area contributed by atoms with Crippen molar-refractivity contribution in [2.75, 3.05) is 13.1 Å². The second kappa shape index (κ2) is 7.26. The highest BCUT2D eigenvalue weighted by atomic mass is 16.2. The van der Waals surface area contributed by atoms with E-state index in [4.69, 9.17) is 5.26 Å². The van der Waals surface area contributed by atoms with Crippen molar-refractivity contribution in [3.8, 4) is 6.07 Å². The summed E-state index contributed by atoms with van der Waals surface area (Å²) in [5, 5.41) is 8.85. The number of rotatable bonds is 4. The predicted octanol–water partition coefficient (Wildman–Crippen LogP) is 3.58. The van der Waals surface area contributed by atoms with Gasteiger partial charge < -0.3 is 4.90 Å². The molecule has 1 aliphatic heterocycles. The van der Waals surface area contributed by atoms with Gasteiger partial charge in [-0.25, -0.2) is 0 Å². The number of piperidine rings is 1. The van der Waals surface area contributed by atoms with E-state index in [2.05, 4.69) is 37.3 Å². The van der Waals surface area contributed by atoms with Crippen molar-refractivity contribution in [1.82, 2.24) is 4.90 Å². The van der Waals surface area contributed by atoms with E-state index < -0.39 is 0 Å². The smallest absolute Gasteiger partial charge is 0.223 e. The molecule has 1 amide bonds. The first-order valence-corrected chi connectivity index (χ1v) is 7.88. The first kappa shape index (κ1) is 15.6. The lowest BCUT2D eigenvalue weighted by atomic mass is 9.79. The normalized spacial score (nSPS) is 23.4. The van der Waals surface area contributed by atoms with Gasteiger partial charge in [-0.15, -0.1) is 0 Å². The second-order valence-corrected chi connectivity index (χ2v) is 6.05. The van der Waals surface area contributed by atoms with Crippen LogP contribution in [0.2, 0.25) is 0 Å². The molecular weight excluding hydrogens is 260 g/mol. The Kier molecular flexibility index (Phi) is 5.38. The molecule has 0 bridgehead atoms. The summed E-state index contributed by atoms with van der Waals surface area (Å²) in [6.07, 6.45) is 2.45. The van der Waals surface area contributed by atoms with Gasteiger partial charge in [0.25, 0.3) is 0 Å². The summed E-state index contributed by atoms with van der Waals surface area (Å²) in [4.78, 5) is 14.2. The summed E-state index contributed by atoms with van der Waals surface area (Å²) in [7, 11) is 0. The van der Waals surface area contributed by atoms with Gasteiger partial charge in [-0.1, -0.05) is 43.7 Å². The molecule has 3 heteroatoms. The number of nitrogens with zero attached hydrogens (tertiary/aromatic N) is 2. The maximum Gasteiger partial charge on any atom is 0.223 e. The van der Waals surface area contributed by atoms with Gasteiger partial charge in [0.15, 0.2) is 0 Å². The van der Waals surface area contributed by atoms with Crippen LogP contribution in [-0.2, 0) is 4.79 Å². The first-order chi connectivity index (χ1) is 10.2. The van der Waals surface area contributed by atoms with Crippen molar-refractivity contribution in [2.45, 2.75) is 39.0 Å². The van der Waals surface area contributed by atoms with E-state index in [9.17, 15) is 4.79 Å². The fourth-order valence-electron chi connectivity index (χ4n) is 3.25. The second-order valence-electron chi connectivity index (χ2n) is 6.05. The maximum atomic E-state index is 12.2. The third-order valence-electron chi connectivity index (χ3n) is 4.54. The quantitative estimate of drug-likeness (QED) is 0.848. The van der Waals surface area contributed by atoms with Crippen molar-refractivity contribution in [3.63, 3.8) is 0 Å². The van der Waals surface area contributed by atoms with Gasteiger partial charge >= 0.3 is 0 Å². The molecule has 0 saturated carbocycles. The van der Waals surface area contributed by atoms with E-state index >= 15 is 0 Å². The Morgan fingerprint density at radius 3 is 2.76 bits per heavy atom. The van der Waals surface area contributed by atoms with Crippen LogP contribution in [0.4, 0.5) is 0 Å². The number of hydrogen-bond donors (Lipinski definition) is 0. The zero-order valence-corrected chi connectivity index (χ0v) is 13.0. The Morgan fingerprint density at radius 2 is 2.14 bits per heavy atom. The third kappa shape index (κ3) is 3.85. The highest BCUT2D eigenvalue weighted by molar-refractivity contribution is 5.76. The van der Waals surface area contributed by atoms with Crippen LogP contribution in [0.25, 0.3) is 0 Å². The minimum absolute atomic E-state index is 0.133. The molecule has 112 valence electrons. The van der Waals surface area contributed by atoms with E-state index in [0.29, 0.717) is 18.3 Å². The van der Waals surface area contributed by atoms with Crippen LogP contribution in [0.5, 0.6) is 0 Å². The van der Waals surface area contributed by atoms with Crippen LogP contribution in [-0.4, -0.2) is 23.9 Å². The summed E-state index contributed by atoms with van der Waals surface area (Å²) in [5.74, 6) is 1.01. The number of benzene rings is 1. The molecule has 0 unspecified atom stereocenters. The van der Waals surface area contributed by atoms with Crippen LogP contribution in [0.1, 0.15) is 44.6 Å². The molecule has 0 radical (unpaired) electrons. The van der Waals surface area contributed by atoms with Crippen LogP contribution < -0.4 is 0 Å². The Hall–Kier alpha value is -1.82. The molecule has 21 heavy (non-hydrogen) atoms. The van der Waals surface area contributed by atoms with E-state index in [-0.39, 0.29) is 11.8 Å². The largest absolute Gasteiger partial charge is 0.342 e. The lowest BCUT2D eigenvalue weighted by Gasteiger charge is -2.39. The monoisotopic (exact) mass is 284 g/mol. The molecule has 3 nitrogen and oxygen atoms in total. The van der Waals surface area contributed by atoms with Crippen LogP contribution >= 0.6 is 0 Å². The Bertz CT molecular complexity index is 506. The summed E-state index contributed by atoms with van der Waals surface area (Å²) in [6, 6.07) is 12.8. The molecule has 1 aromatic rings. The highest BCUT2D eigenvalue weighted by Gasteiger charge is 2.31. The maximum absolute atomic E-state index is 12.2. The molecule has 1 heterocycles. The molecule has 0 aliphatic carbocycles. The van der Waals surface area contributed by atoms with Crippen LogP contribution in [0.3, 0.4) is 0 Å². The number of carbonyl (C=O) groups excluding carboxylic acids is 1. The Morgan fingerprint density at radius 1 is 1.43 bits per heavy atom. The van der Waals surface area contributed by atoms with Crippen molar-refractivity contribution in [1.29, 1.82) is 5.26 Å². The molecule has 1 aromatic carbocycles. The van der Waals surface area contributed by atoms with Gasteiger partial charge in [0.2, 0.25) is 5.91 Å². The van der Waals surface area contributed by atoms with Crippen molar-refractivity contribution >= 4 is 5.91 Å². The lowest BCUT2D eigenvalue weighted by molar-refractivity contribution is -0.133. The summed E-state index contributed by atoms with van der Waals surface area (Å²) in [6.45, 7) is 5.65. The fourth-order valence-corrected chi connectivity index (χ4v) is 3.25. The van der Waals surface area contributed by atoms with Crippen molar-refractivity contribution < 1.29 is 4.79 Å². The van der Waals surface area contributed by atoms with Gasteiger partial charge in [0, 0.05) is 19.5 Å². The van der Waals surface area contributed by atoms with E-state index in [1.165, 1.54) is 5.56 Å². The van der Waals surface area contributed by atoms with Crippen molar-refractivity contribution in [2.24, 2.45) is 11.8 Å². The molecule has 0 aromatic heterocycles. The molecule has 0 spiro atoms. The summed E-state index contributed by atoms with van der Waals surface area (Å²) in [5.41, 5.74) is 1.39. The van der Waals surface area contributed by atoms with Gasteiger partial charge in [0.1, 0.15) is 0 Å². The molecule has 1 aliphatic rings. The lowest BCUT2D eigenvalue weighted by Crippen LogP contribution is -2.43. The summed E-state index contributed by atoms with van der Waals surface area (Å²) >= 11 is 0. The average molecular weight is 284 g/mol. The molecule has 1 saturated heterocycles. The topological polar surface area (TPSA) is 44.1 Å². The number of nitriles is 1. The number of carbonyl (C=O) groups is 1. The van der Waals surface area contributed by atoms with Gasteiger partial charge in [0.05, 0.1) is 12.0 Å². The van der Waals surface area contributed by atoms with Gasteiger partial charge in [-0.3, -0.25) is 4.79 Å². The summed E-state index contributed by atoms with van der Waals surface area (Å²) < 4.78 is 0. The van der Waals surface area contributed by atoms with E-state index in [1.807, 2.05) is 17.9 Å². The Labute approximate surface area is 127 Å². The zero-order chi connectivity index (χ0) is 15.2. The van der Waals surface area contributed by atoms with E-state index in [0.717, 1.165) is 25.9 Å². The van der Waals surface area contributed by atoms with Crippen LogP contribution in [0, 0.1) is 23.2 Å². The van der Waals surface area contributed by atoms with Crippen LogP contribution in [0.15, 0.2) is 30.3 Å². The minimum atomic E-state index is -0.190. The minimum Gasteiger partial charge on any atom is -0.342 e. The number of likely N-dealkylation sites (tertiary alicyclic amines) is 1. The van der Waals surface area contributed by atoms with Gasteiger partial charge in [-0.2, -0.15) is 5.26 Å². The molecule has 2 rings (SSSR count). The molecule has 0 N–H and O–H groups in total.